The zero-order valence-electron chi connectivity index (χ0n) is 17.7. The number of carbonyl (C=O) groups is 1. The predicted molar refractivity (Wildman–Crippen MR) is 114 cm³/mol. The minimum Gasteiger partial charge on any atom is -0.478 e. The molecule has 1 atom stereocenters. The third-order valence-electron chi connectivity index (χ3n) is 4.99. The van der Waals surface area contributed by atoms with E-state index in [9.17, 15) is 4.79 Å². The molecule has 0 aliphatic heterocycles. The van der Waals surface area contributed by atoms with Crippen molar-refractivity contribution in [3.8, 4) is 5.75 Å². The Bertz CT molecular complexity index is 770. The van der Waals surface area contributed by atoms with Gasteiger partial charge in [-0.15, -0.1) is 0 Å². The molecule has 0 radical (unpaired) electrons. The first-order valence-corrected chi connectivity index (χ1v) is 9.74. The van der Waals surface area contributed by atoms with Crippen molar-refractivity contribution < 1.29 is 9.53 Å². The van der Waals surface area contributed by atoms with Crippen LogP contribution in [0.2, 0.25) is 0 Å². The first-order valence-electron chi connectivity index (χ1n) is 9.74. The SMILES string of the molecule is CC[C@H](C)c1ccccc1NC(=O)C(C)(C)Oc1ccc(C(C)(C)C)cc1. The van der Waals surface area contributed by atoms with Crippen molar-refractivity contribution in [2.24, 2.45) is 0 Å². The molecule has 3 heteroatoms. The molecule has 1 amide bonds. The van der Waals surface area contributed by atoms with Gasteiger partial charge in [0.05, 0.1) is 0 Å². The number of carbonyl (C=O) groups excluding carboxylic acids is 1. The second-order valence-electron chi connectivity index (χ2n) is 8.74. The molecule has 3 nitrogen and oxygen atoms in total. The second-order valence-corrected chi connectivity index (χ2v) is 8.74. The summed E-state index contributed by atoms with van der Waals surface area (Å²) in [5.74, 6) is 0.923. The van der Waals surface area contributed by atoms with E-state index in [1.165, 1.54) is 5.56 Å². The van der Waals surface area contributed by atoms with Crippen LogP contribution in [0.15, 0.2) is 48.5 Å². The van der Waals surface area contributed by atoms with Gasteiger partial charge in [-0.1, -0.05) is 65.0 Å². The van der Waals surface area contributed by atoms with Crippen molar-refractivity contribution in [1.82, 2.24) is 0 Å². The van der Waals surface area contributed by atoms with Gasteiger partial charge in [-0.25, -0.2) is 0 Å². The van der Waals surface area contributed by atoms with E-state index in [0.29, 0.717) is 11.7 Å². The normalized spacial score (nSPS) is 13.1. The first kappa shape index (κ1) is 21.0. The maximum Gasteiger partial charge on any atom is 0.267 e. The van der Waals surface area contributed by atoms with E-state index in [4.69, 9.17) is 4.74 Å². The highest BCUT2D eigenvalue weighted by molar-refractivity contribution is 5.97. The van der Waals surface area contributed by atoms with Crippen molar-refractivity contribution in [3.05, 3.63) is 59.7 Å². The Labute approximate surface area is 164 Å². The third kappa shape index (κ3) is 5.35. The van der Waals surface area contributed by atoms with Crippen LogP contribution >= 0.6 is 0 Å². The summed E-state index contributed by atoms with van der Waals surface area (Å²) in [5, 5.41) is 3.06. The van der Waals surface area contributed by atoms with Crippen LogP contribution in [0, 0.1) is 0 Å². The molecular weight excluding hydrogens is 334 g/mol. The number of rotatable bonds is 6. The van der Waals surface area contributed by atoms with Gasteiger partial charge in [0.1, 0.15) is 5.75 Å². The fourth-order valence-electron chi connectivity index (χ4n) is 2.90. The highest BCUT2D eigenvalue weighted by atomic mass is 16.5. The molecule has 0 heterocycles. The molecule has 0 bridgehead atoms. The van der Waals surface area contributed by atoms with Crippen LogP contribution in [0.25, 0.3) is 0 Å². The summed E-state index contributed by atoms with van der Waals surface area (Å²) in [6.45, 7) is 14.4. The van der Waals surface area contributed by atoms with Crippen molar-refractivity contribution in [2.75, 3.05) is 5.32 Å². The number of para-hydroxylation sites is 1. The molecule has 0 spiro atoms. The van der Waals surface area contributed by atoms with E-state index in [2.05, 4.69) is 58.1 Å². The topological polar surface area (TPSA) is 38.3 Å². The molecular formula is C24H33NO2. The quantitative estimate of drug-likeness (QED) is 0.651. The standard InChI is InChI=1S/C24H33NO2/c1-8-17(2)20-11-9-10-12-21(20)25-22(26)24(6,7)27-19-15-13-18(14-16-19)23(3,4)5/h9-17H,8H2,1-7H3,(H,25,26)/t17-/m0/s1. The van der Waals surface area contributed by atoms with Gasteiger partial charge < -0.3 is 10.1 Å². The monoisotopic (exact) mass is 367 g/mol. The van der Waals surface area contributed by atoms with Crippen molar-refractivity contribution in [2.45, 2.75) is 71.8 Å². The van der Waals surface area contributed by atoms with Crippen molar-refractivity contribution in [1.29, 1.82) is 0 Å². The molecule has 0 aromatic heterocycles. The highest BCUT2D eigenvalue weighted by Gasteiger charge is 2.31. The van der Waals surface area contributed by atoms with E-state index in [1.54, 1.807) is 13.8 Å². The smallest absolute Gasteiger partial charge is 0.267 e. The lowest BCUT2D eigenvalue weighted by Gasteiger charge is -2.27. The van der Waals surface area contributed by atoms with E-state index in [-0.39, 0.29) is 11.3 Å². The Morgan fingerprint density at radius 3 is 2.15 bits per heavy atom. The van der Waals surface area contributed by atoms with Crippen LogP contribution in [0.5, 0.6) is 5.75 Å². The number of amides is 1. The zero-order chi connectivity index (χ0) is 20.2. The van der Waals surface area contributed by atoms with Crippen LogP contribution in [0.4, 0.5) is 5.69 Å². The molecule has 2 aromatic carbocycles. The van der Waals surface area contributed by atoms with Gasteiger partial charge >= 0.3 is 0 Å². The number of hydrogen-bond donors (Lipinski definition) is 1. The highest BCUT2D eigenvalue weighted by Crippen LogP contribution is 2.29. The van der Waals surface area contributed by atoms with Gasteiger partial charge in [-0.3, -0.25) is 4.79 Å². The van der Waals surface area contributed by atoms with Crippen LogP contribution in [0.1, 0.15) is 71.9 Å². The predicted octanol–water partition coefficient (Wildman–Crippen LogP) is 6.29. The lowest BCUT2D eigenvalue weighted by molar-refractivity contribution is -0.128. The van der Waals surface area contributed by atoms with E-state index < -0.39 is 5.60 Å². The summed E-state index contributed by atoms with van der Waals surface area (Å²) in [7, 11) is 0. The van der Waals surface area contributed by atoms with Crippen molar-refractivity contribution >= 4 is 11.6 Å². The molecule has 0 saturated carbocycles. The number of hydrogen-bond acceptors (Lipinski definition) is 2. The minimum absolute atomic E-state index is 0.0884. The van der Waals surface area contributed by atoms with Gasteiger partial charge in [0.25, 0.3) is 5.91 Å². The van der Waals surface area contributed by atoms with Gasteiger partial charge in [0, 0.05) is 5.69 Å². The fraction of sp³-hybridized carbons (Fsp3) is 0.458. The summed E-state index contributed by atoms with van der Waals surface area (Å²) in [6.07, 6.45) is 1.02. The van der Waals surface area contributed by atoms with Crippen LogP contribution in [0.3, 0.4) is 0 Å². The summed E-state index contributed by atoms with van der Waals surface area (Å²) >= 11 is 0. The fourth-order valence-corrected chi connectivity index (χ4v) is 2.90. The van der Waals surface area contributed by atoms with Crippen LogP contribution < -0.4 is 10.1 Å². The second kappa shape index (κ2) is 8.16. The molecule has 0 aliphatic rings. The maximum absolute atomic E-state index is 12.9. The van der Waals surface area contributed by atoms with E-state index >= 15 is 0 Å². The van der Waals surface area contributed by atoms with Crippen molar-refractivity contribution in [3.63, 3.8) is 0 Å². The Balaban J connectivity index is 2.14. The largest absolute Gasteiger partial charge is 0.478 e. The number of nitrogens with one attached hydrogen (secondary N) is 1. The summed E-state index contributed by atoms with van der Waals surface area (Å²) < 4.78 is 6.02. The Morgan fingerprint density at radius 2 is 1.59 bits per heavy atom. The Kier molecular flexibility index (Phi) is 6.35. The molecule has 146 valence electrons. The average Bonchev–Trinajstić information content (AvgIpc) is 2.61. The van der Waals surface area contributed by atoms with Crippen LogP contribution in [-0.2, 0) is 10.2 Å². The molecule has 27 heavy (non-hydrogen) atoms. The van der Waals surface area contributed by atoms with Gasteiger partial charge in [-0.05, 0) is 60.9 Å². The molecule has 1 N–H and O–H groups in total. The summed E-state index contributed by atoms with van der Waals surface area (Å²) in [6, 6.07) is 16.0. The Morgan fingerprint density at radius 1 is 1.00 bits per heavy atom. The average molecular weight is 368 g/mol. The molecule has 0 fully saturated rings. The number of benzene rings is 2. The molecule has 0 saturated heterocycles. The van der Waals surface area contributed by atoms with Gasteiger partial charge in [0.2, 0.25) is 0 Å². The minimum atomic E-state index is -0.980. The zero-order valence-corrected chi connectivity index (χ0v) is 17.7. The van der Waals surface area contributed by atoms with Crippen LogP contribution in [-0.4, -0.2) is 11.5 Å². The first-order chi connectivity index (χ1) is 12.5. The molecule has 0 unspecified atom stereocenters. The number of anilines is 1. The summed E-state index contributed by atoms with van der Waals surface area (Å²) in [5.41, 5.74) is 2.35. The third-order valence-corrected chi connectivity index (χ3v) is 4.99. The van der Waals surface area contributed by atoms with Gasteiger partial charge in [0.15, 0.2) is 5.60 Å². The lowest BCUT2D eigenvalue weighted by Crippen LogP contribution is -2.42. The van der Waals surface area contributed by atoms with E-state index in [0.717, 1.165) is 17.7 Å². The van der Waals surface area contributed by atoms with E-state index in [1.807, 2.05) is 30.3 Å². The summed E-state index contributed by atoms with van der Waals surface area (Å²) in [4.78, 5) is 12.9. The lowest BCUT2D eigenvalue weighted by atomic mass is 9.87. The molecule has 2 aromatic rings. The van der Waals surface area contributed by atoms with Gasteiger partial charge in [-0.2, -0.15) is 0 Å². The number of ether oxygens (including phenoxy) is 1. The molecule has 2 rings (SSSR count). The maximum atomic E-state index is 12.9. The Hall–Kier alpha value is -2.29. The molecule has 0 aliphatic carbocycles.